The Balaban J connectivity index is 2.29. The first kappa shape index (κ1) is 10.9. The number of rotatable bonds is 1. The predicted octanol–water partition coefficient (Wildman–Crippen LogP) is 0.156. The van der Waals surface area contributed by atoms with E-state index in [2.05, 4.69) is 4.98 Å². The maximum Gasteiger partial charge on any atom is 0.261 e. The molecule has 1 aliphatic heterocycles. The van der Waals surface area contributed by atoms with Crippen LogP contribution < -0.4 is 5.56 Å². The third-order valence-electron chi connectivity index (χ3n) is 2.68. The Bertz CT molecular complexity index is 447. The summed E-state index contributed by atoms with van der Waals surface area (Å²) in [5.74, 6) is -0.206. The fraction of sp³-hybridized carbons (Fsp3) is 0.455. The van der Waals surface area contributed by atoms with E-state index in [1.807, 2.05) is 0 Å². The number of nitrogens with one attached hydrogen (secondary N) is 1. The molecule has 0 radical (unpaired) electrons. The fourth-order valence-corrected chi connectivity index (χ4v) is 1.77. The number of aromatic amines is 1. The van der Waals surface area contributed by atoms with E-state index in [0.717, 1.165) is 0 Å². The molecule has 0 unspecified atom stereocenters. The summed E-state index contributed by atoms with van der Waals surface area (Å²) in [6.07, 6.45) is 1.55. The van der Waals surface area contributed by atoms with Gasteiger partial charge in [-0.2, -0.15) is 0 Å². The molecule has 0 spiro atoms. The molecule has 1 saturated heterocycles. The maximum atomic E-state index is 12.1. The summed E-state index contributed by atoms with van der Waals surface area (Å²) in [6, 6.07) is 1.73. The predicted molar refractivity (Wildman–Crippen MR) is 58.5 cm³/mol. The zero-order valence-corrected chi connectivity index (χ0v) is 9.16. The van der Waals surface area contributed by atoms with E-state index in [1.165, 1.54) is 0 Å². The first-order valence-corrected chi connectivity index (χ1v) is 5.25. The van der Waals surface area contributed by atoms with Crippen LogP contribution in [0.2, 0.25) is 0 Å². The second-order valence-corrected chi connectivity index (χ2v) is 3.77. The minimum absolute atomic E-state index is 0.206. The van der Waals surface area contributed by atoms with Crippen LogP contribution in [0, 0.1) is 6.92 Å². The van der Waals surface area contributed by atoms with Gasteiger partial charge in [-0.3, -0.25) is 9.59 Å². The van der Waals surface area contributed by atoms with Gasteiger partial charge in [-0.1, -0.05) is 0 Å². The molecule has 0 atom stereocenters. The molecule has 0 bridgehead atoms. The second kappa shape index (κ2) is 4.49. The Morgan fingerprint density at radius 2 is 2.12 bits per heavy atom. The van der Waals surface area contributed by atoms with Gasteiger partial charge in [0, 0.05) is 19.3 Å². The summed E-state index contributed by atoms with van der Waals surface area (Å²) < 4.78 is 5.17. The minimum atomic E-state index is -0.323. The Hall–Kier alpha value is -1.62. The van der Waals surface area contributed by atoms with Gasteiger partial charge in [0.25, 0.3) is 11.5 Å². The lowest BCUT2D eigenvalue weighted by atomic mass is 10.1. The minimum Gasteiger partial charge on any atom is -0.378 e. The highest BCUT2D eigenvalue weighted by atomic mass is 16.5. The van der Waals surface area contributed by atoms with Gasteiger partial charge < -0.3 is 14.6 Å². The van der Waals surface area contributed by atoms with E-state index in [-0.39, 0.29) is 17.0 Å². The summed E-state index contributed by atoms with van der Waals surface area (Å²) in [5, 5.41) is 0. The van der Waals surface area contributed by atoms with Crippen LogP contribution in [-0.2, 0) is 4.74 Å². The van der Waals surface area contributed by atoms with Crippen molar-refractivity contribution >= 4 is 5.91 Å². The van der Waals surface area contributed by atoms with Crippen LogP contribution in [0.3, 0.4) is 0 Å². The number of ether oxygens (including phenoxy) is 1. The molecule has 5 nitrogen and oxygen atoms in total. The monoisotopic (exact) mass is 222 g/mol. The Kier molecular flexibility index (Phi) is 3.05. The number of aromatic nitrogens is 1. The first-order valence-electron chi connectivity index (χ1n) is 5.25. The van der Waals surface area contributed by atoms with Crippen LogP contribution in [0.1, 0.15) is 15.9 Å². The molecule has 2 rings (SSSR count). The first-order chi connectivity index (χ1) is 7.70. The summed E-state index contributed by atoms with van der Waals surface area (Å²) in [4.78, 5) is 27.9. The van der Waals surface area contributed by atoms with E-state index in [4.69, 9.17) is 4.74 Å². The highest BCUT2D eigenvalue weighted by molar-refractivity contribution is 5.95. The van der Waals surface area contributed by atoms with Crippen molar-refractivity contribution in [3.63, 3.8) is 0 Å². The van der Waals surface area contributed by atoms with Gasteiger partial charge in [0.1, 0.15) is 5.56 Å². The average molecular weight is 222 g/mol. The van der Waals surface area contributed by atoms with Crippen molar-refractivity contribution in [1.82, 2.24) is 9.88 Å². The Morgan fingerprint density at radius 3 is 2.75 bits per heavy atom. The lowest BCUT2D eigenvalue weighted by Crippen LogP contribution is -2.42. The van der Waals surface area contributed by atoms with E-state index >= 15 is 0 Å². The molecule has 1 aromatic heterocycles. The lowest BCUT2D eigenvalue weighted by molar-refractivity contribution is 0.0301. The Labute approximate surface area is 93.0 Å². The second-order valence-electron chi connectivity index (χ2n) is 3.77. The molecule has 2 heterocycles. The number of carbonyl (C=O) groups is 1. The molecule has 1 N–H and O–H groups in total. The van der Waals surface area contributed by atoms with E-state index < -0.39 is 0 Å². The molecular weight excluding hydrogens is 208 g/mol. The van der Waals surface area contributed by atoms with Gasteiger partial charge in [0.15, 0.2) is 0 Å². The third kappa shape index (κ3) is 1.99. The number of nitrogens with zero attached hydrogens (tertiary/aromatic N) is 1. The number of hydrogen-bond donors (Lipinski definition) is 1. The van der Waals surface area contributed by atoms with E-state index in [9.17, 15) is 9.59 Å². The van der Waals surface area contributed by atoms with E-state index in [0.29, 0.717) is 31.9 Å². The molecule has 0 aromatic carbocycles. The number of pyridine rings is 1. The molecule has 5 heteroatoms. The van der Waals surface area contributed by atoms with Gasteiger partial charge in [-0.25, -0.2) is 0 Å². The van der Waals surface area contributed by atoms with Crippen molar-refractivity contribution in [2.75, 3.05) is 26.3 Å². The summed E-state index contributed by atoms with van der Waals surface area (Å²) >= 11 is 0. The number of morpholine rings is 1. The zero-order chi connectivity index (χ0) is 11.5. The van der Waals surface area contributed by atoms with Crippen LogP contribution >= 0.6 is 0 Å². The molecule has 1 aliphatic rings. The van der Waals surface area contributed by atoms with Crippen LogP contribution in [0.15, 0.2) is 17.1 Å². The smallest absolute Gasteiger partial charge is 0.261 e. The van der Waals surface area contributed by atoms with Crippen LogP contribution in [0.25, 0.3) is 0 Å². The standard InChI is InChI=1S/C11H14N2O3/c1-8-2-3-12-10(14)9(8)11(15)13-4-6-16-7-5-13/h2-3H,4-7H2,1H3,(H,12,14). The van der Waals surface area contributed by atoms with Crippen molar-refractivity contribution in [2.45, 2.75) is 6.92 Å². The summed E-state index contributed by atoms with van der Waals surface area (Å²) in [6.45, 7) is 3.94. The van der Waals surface area contributed by atoms with Crippen molar-refractivity contribution in [2.24, 2.45) is 0 Å². The van der Waals surface area contributed by atoms with Crippen molar-refractivity contribution in [3.8, 4) is 0 Å². The van der Waals surface area contributed by atoms with Gasteiger partial charge in [0.05, 0.1) is 13.2 Å². The maximum absolute atomic E-state index is 12.1. The normalized spacial score (nSPS) is 16.2. The van der Waals surface area contributed by atoms with Crippen LogP contribution in [0.5, 0.6) is 0 Å². The van der Waals surface area contributed by atoms with Gasteiger partial charge >= 0.3 is 0 Å². The number of aryl methyl sites for hydroxylation is 1. The quantitative estimate of drug-likeness (QED) is 0.736. The lowest BCUT2D eigenvalue weighted by Gasteiger charge is -2.26. The number of H-pyrrole nitrogens is 1. The summed E-state index contributed by atoms with van der Waals surface area (Å²) in [5.41, 5.74) is 0.626. The van der Waals surface area contributed by atoms with E-state index in [1.54, 1.807) is 24.1 Å². The molecule has 86 valence electrons. The zero-order valence-electron chi connectivity index (χ0n) is 9.16. The third-order valence-corrected chi connectivity index (χ3v) is 2.68. The average Bonchev–Trinajstić information content (AvgIpc) is 2.30. The number of carbonyl (C=O) groups excluding carboxylic acids is 1. The van der Waals surface area contributed by atoms with Crippen LogP contribution in [-0.4, -0.2) is 42.1 Å². The number of amides is 1. The van der Waals surface area contributed by atoms with Gasteiger partial charge in [-0.05, 0) is 18.6 Å². The van der Waals surface area contributed by atoms with Crippen molar-refractivity contribution in [1.29, 1.82) is 0 Å². The van der Waals surface area contributed by atoms with Crippen LogP contribution in [0.4, 0.5) is 0 Å². The van der Waals surface area contributed by atoms with Crippen molar-refractivity contribution in [3.05, 3.63) is 33.7 Å². The van der Waals surface area contributed by atoms with Gasteiger partial charge in [-0.15, -0.1) is 0 Å². The fourth-order valence-electron chi connectivity index (χ4n) is 1.77. The molecule has 16 heavy (non-hydrogen) atoms. The number of hydrogen-bond acceptors (Lipinski definition) is 3. The molecular formula is C11H14N2O3. The molecule has 1 amide bonds. The SMILES string of the molecule is Cc1cc[nH]c(=O)c1C(=O)N1CCOCC1. The topological polar surface area (TPSA) is 62.4 Å². The Morgan fingerprint density at radius 1 is 1.44 bits per heavy atom. The molecule has 1 aromatic rings. The summed E-state index contributed by atoms with van der Waals surface area (Å²) in [7, 11) is 0. The molecule has 0 aliphatic carbocycles. The molecule has 1 fully saturated rings. The largest absolute Gasteiger partial charge is 0.378 e. The van der Waals surface area contributed by atoms with Gasteiger partial charge in [0.2, 0.25) is 0 Å². The highest BCUT2D eigenvalue weighted by Gasteiger charge is 2.22. The molecule has 0 saturated carbocycles. The van der Waals surface area contributed by atoms with Crippen molar-refractivity contribution < 1.29 is 9.53 Å². The highest BCUT2D eigenvalue weighted by Crippen LogP contribution is 2.07.